The van der Waals surface area contributed by atoms with Gasteiger partial charge in [-0.3, -0.25) is 4.68 Å². The average Bonchev–Trinajstić information content (AvgIpc) is 2.73. The number of halogens is 1. The van der Waals surface area contributed by atoms with Crippen LogP contribution in [0.4, 0.5) is 0 Å². The highest BCUT2D eigenvalue weighted by Gasteiger charge is 2.15. The van der Waals surface area contributed by atoms with E-state index in [1.165, 1.54) is 3.57 Å². The number of hydrogen-bond acceptors (Lipinski definition) is 2. The third-order valence-electron chi connectivity index (χ3n) is 2.97. The van der Waals surface area contributed by atoms with E-state index in [0.29, 0.717) is 6.42 Å². The summed E-state index contributed by atoms with van der Waals surface area (Å²) in [6.45, 7) is 2.06. The zero-order valence-corrected chi connectivity index (χ0v) is 12.8. The Labute approximate surface area is 121 Å². The molecular formula is C14H17IN2O. The highest BCUT2D eigenvalue weighted by molar-refractivity contribution is 14.1. The molecule has 1 aromatic heterocycles. The van der Waals surface area contributed by atoms with Crippen molar-refractivity contribution < 1.29 is 5.11 Å². The lowest BCUT2D eigenvalue weighted by Gasteiger charge is -2.10. The molecule has 0 saturated carbocycles. The van der Waals surface area contributed by atoms with Gasteiger partial charge in [0.1, 0.15) is 0 Å². The standard InChI is InChI=1S/C14H17IN2O/c1-3-13-12(9-17(2)16-13)14(18)8-10-4-6-11(15)7-5-10/h4-7,9,14,18H,3,8H2,1-2H3. The predicted octanol–water partition coefficient (Wildman–Crippen LogP) is 2.86. The molecule has 1 N–H and O–H groups in total. The molecule has 0 radical (unpaired) electrons. The van der Waals surface area contributed by atoms with Gasteiger partial charge >= 0.3 is 0 Å². The van der Waals surface area contributed by atoms with Crippen LogP contribution < -0.4 is 0 Å². The fraction of sp³-hybridized carbons (Fsp3) is 0.357. The van der Waals surface area contributed by atoms with Crippen LogP contribution >= 0.6 is 22.6 Å². The molecule has 2 rings (SSSR count). The number of aryl methyl sites for hydroxylation is 2. The maximum Gasteiger partial charge on any atom is 0.0863 e. The summed E-state index contributed by atoms with van der Waals surface area (Å²) >= 11 is 2.28. The molecule has 1 heterocycles. The average molecular weight is 356 g/mol. The van der Waals surface area contributed by atoms with Crippen molar-refractivity contribution in [3.63, 3.8) is 0 Å². The first-order valence-corrected chi connectivity index (χ1v) is 7.13. The molecule has 0 fully saturated rings. The van der Waals surface area contributed by atoms with E-state index in [9.17, 15) is 5.11 Å². The minimum Gasteiger partial charge on any atom is -0.388 e. The van der Waals surface area contributed by atoms with E-state index < -0.39 is 6.10 Å². The summed E-state index contributed by atoms with van der Waals surface area (Å²) in [7, 11) is 1.89. The van der Waals surface area contributed by atoms with Crippen molar-refractivity contribution in [1.29, 1.82) is 0 Å². The Hall–Kier alpha value is -0.880. The van der Waals surface area contributed by atoms with Crippen molar-refractivity contribution in [2.24, 2.45) is 7.05 Å². The van der Waals surface area contributed by atoms with E-state index >= 15 is 0 Å². The van der Waals surface area contributed by atoms with Crippen LogP contribution in [0.2, 0.25) is 0 Å². The smallest absolute Gasteiger partial charge is 0.0863 e. The van der Waals surface area contributed by atoms with E-state index in [4.69, 9.17) is 0 Å². The zero-order chi connectivity index (χ0) is 13.1. The quantitative estimate of drug-likeness (QED) is 0.856. The number of aromatic nitrogens is 2. The maximum atomic E-state index is 10.3. The van der Waals surface area contributed by atoms with Crippen LogP contribution in [0.1, 0.15) is 29.8 Å². The molecular weight excluding hydrogens is 339 g/mol. The number of benzene rings is 1. The molecule has 0 aliphatic carbocycles. The van der Waals surface area contributed by atoms with E-state index in [1.807, 2.05) is 13.2 Å². The molecule has 1 unspecified atom stereocenters. The van der Waals surface area contributed by atoms with Gasteiger partial charge in [0, 0.05) is 28.8 Å². The van der Waals surface area contributed by atoms with Crippen LogP contribution in [-0.4, -0.2) is 14.9 Å². The molecule has 0 bridgehead atoms. The molecule has 18 heavy (non-hydrogen) atoms. The minimum absolute atomic E-state index is 0.478. The zero-order valence-electron chi connectivity index (χ0n) is 10.6. The Balaban J connectivity index is 2.16. The van der Waals surface area contributed by atoms with E-state index in [0.717, 1.165) is 23.2 Å². The number of nitrogens with zero attached hydrogens (tertiary/aromatic N) is 2. The lowest BCUT2D eigenvalue weighted by atomic mass is 10.0. The molecule has 0 amide bonds. The molecule has 96 valence electrons. The van der Waals surface area contributed by atoms with Crippen LogP contribution in [0.5, 0.6) is 0 Å². The van der Waals surface area contributed by atoms with Gasteiger partial charge in [0.25, 0.3) is 0 Å². The molecule has 0 spiro atoms. The van der Waals surface area contributed by atoms with E-state index in [2.05, 4.69) is 58.9 Å². The van der Waals surface area contributed by atoms with Crippen LogP contribution in [0.15, 0.2) is 30.5 Å². The normalized spacial score (nSPS) is 12.7. The molecule has 2 aromatic rings. The second-order valence-corrected chi connectivity index (χ2v) is 5.65. The number of rotatable bonds is 4. The van der Waals surface area contributed by atoms with Gasteiger partial charge in [-0.1, -0.05) is 19.1 Å². The fourth-order valence-corrected chi connectivity index (χ4v) is 2.42. The summed E-state index contributed by atoms with van der Waals surface area (Å²) < 4.78 is 2.98. The molecule has 4 heteroatoms. The number of aliphatic hydroxyl groups excluding tert-OH is 1. The highest BCUT2D eigenvalue weighted by Crippen LogP contribution is 2.22. The summed E-state index contributed by atoms with van der Waals surface area (Å²) in [5.41, 5.74) is 3.07. The second kappa shape index (κ2) is 5.84. The van der Waals surface area contributed by atoms with Gasteiger partial charge in [-0.2, -0.15) is 5.10 Å². The van der Waals surface area contributed by atoms with Gasteiger partial charge < -0.3 is 5.11 Å². The Morgan fingerprint density at radius 3 is 2.61 bits per heavy atom. The summed E-state index contributed by atoms with van der Waals surface area (Å²) in [6.07, 6.45) is 2.92. The molecule has 3 nitrogen and oxygen atoms in total. The lowest BCUT2D eigenvalue weighted by Crippen LogP contribution is -2.03. The monoisotopic (exact) mass is 356 g/mol. The molecule has 0 aliphatic rings. The third kappa shape index (κ3) is 3.11. The third-order valence-corrected chi connectivity index (χ3v) is 3.69. The van der Waals surface area contributed by atoms with Crippen LogP contribution in [0.25, 0.3) is 0 Å². The number of aliphatic hydroxyl groups is 1. The van der Waals surface area contributed by atoms with Gasteiger partial charge in [-0.25, -0.2) is 0 Å². The van der Waals surface area contributed by atoms with Crippen LogP contribution in [0, 0.1) is 3.57 Å². The van der Waals surface area contributed by atoms with Gasteiger partial charge in [0.15, 0.2) is 0 Å². The van der Waals surface area contributed by atoms with Crippen molar-refractivity contribution in [1.82, 2.24) is 9.78 Å². The Morgan fingerprint density at radius 1 is 1.33 bits per heavy atom. The summed E-state index contributed by atoms with van der Waals surface area (Å²) in [5.74, 6) is 0. The second-order valence-electron chi connectivity index (χ2n) is 4.40. The van der Waals surface area contributed by atoms with Crippen molar-refractivity contribution >= 4 is 22.6 Å². The SMILES string of the molecule is CCc1nn(C)cc1C(O)Cc1ccc(I)cc1. The van der Waals surface area contributed by atoms with Crippen molar-refractivity contribution in [3.05, 3.63) is 50.9 Å². The first-order valence-electron chi connectivity index (χ1n) is 6.05. The van der Waals surface area contributed by atoms with Gasteiger partial charge in [-0.05, 0) is 46.7 Å². The highest BCUT2D eigenvalue weighted by atomic mass is 127. The van der Waals surface area contributed by atoms with Gasteiger partial charge in [-0.15, -0.1) is 0 Å². The lowest BCUT2D eigenvalue weighted by molar-refractivity contribution is 0.177. The molecule has 0 saturated heterocycles. The van der Waals surface area contributed by atoms with Gasteiger partial charge in [0.05, 0.1) is 11.8 Å². The van der Waals surface area contributed by atoms with Crippen molar-refractivity contribution in [2.75, 3.05) is 0 Å². The maximum absolute atomic E-state index is 10.3. The largest absolute Gasteiger partial charge is 0.388 e. The van der Waals surface area contributed by atoms with Gasteiger partial charge in [0.2, 0.25) is 0 Å². The van der Waals surface area contributed by atoms with Crippen molar-refractivity contribution in [2.45, 2.75) is 25.9 Å². The van der Waals surface area contributed by atoms with Crippen molar-refractivity contribution in [3.8, 4) is 0 Å². The predicted molar refractivity (Wildman–Crippen MR) is 80.4 cm³/mol. The summed E-state index contributed by atoms with van der Waals surface area (Å²) in [5, 5.41) is 14.7. The summed E-state index contributed by atoms with van der Waals surface area (Å²) in [6, 6.07) is 8.25. The van der Waals surface area contributed by atoms with Crippen LogP contribution in [0.3, 0.4) is 0 Å². The summed E-state index contributed by atoms with van der Waals surface area (Å²) in [4.78, 5) is 0. The number of hydrogen-bond donors (Lipinski definition) is 1. The molecule has 0 aliphatic heterocycles. The Morgan fingerprint density at radius 2 is 2.00 bits per heavy atom. The minimum atomic E-state index is -0.478. The van der Waals surface area contributed by atoms with Crippen LogP contribution in [-0.2, 0) is 19.9 Å². The fourth-order valence-electron chi connectivity index (χ4n) is 2.06. The molecule has 1 aromatic carbocycles. The Bertz CT molecular complexity index is 519. The van der Waals surface area contributed by atoms with E-state index in [-0.39, 0.29) is 0 Å². The topological polar surface area (TPSA) is 38.0 Å². The Kier molecular flexibility index (Phi) is 4.40. The first kappa shape index (κ1) is 13.5. The van der Waals surface area contributed by atoms with E-state index in [1.54, 1.807) is 4.68 Å². The molecule has 1 atom stereocenters. The first-order chi connectivity index (χ1) is 8.60.